The maximum atomic E-state index is 12.3. The zero-order valence-electron chi connectivity index (χ0n) is 13.8. The smallest absolute Gasteiger partial charge is 0.256 e. The molecule has 1 aliphatic heterocycles. The molecule has 3 rings (SSSR count). The van der Waals surface area contributed by atoms with E-state index in [0.29, 0.717) is 11.5 Å². The van der Waals surface area contributed by atoms with Gasteiger partial charge in [0.2, 0.25) is 0 Å². The molecule has 0 unspecified atom stereocenters. The van der Waals surface area contributed by atoms with Crippen molar-refractivity contribution >= 4 is 23.2 Å². The maximum absolute atomic E-state index is 12.3. The molecule has 1 aromatic heterocycles. The number of fused-ring (bicyclic) bond motifs is 1. The van der Waals surface area contributed by atoms with Crippen molar-refractivity contribution in [2.75, 3.05) is 5.32 Å². The number of carbonyl (C=O) groups is 1. The second-order valence-corrected chi connectivity index (χ2v) is 6.26. The third-order valence-electron chi connectivity index (χ3n) is 3.61. The van der Waals surface area contributed by atoms with Crippen LogP contribution in [0.25, 0.3) is 11.6 Å². The summed E-state index contributed by atoms with van der Waals surface area (Å²) in [6, 6.07) is 5.65. The van der Waals surface area contributed by atoms with Gasteiger partial charge < -0.3 is 15.0 Å². The van der Waals surface area contributed by atoms with Gasteiger partial charge in [0.15, 0.2) is 0 Å². The molecule has 1 aromatic carbocycles. The van der Waals surface area contributed by atoms with Crippen LogP contribution in [0.2, 0.25) is 0 Å². The van der Waals surface area contributed by atoms with Crippen molar-refractivity contribution < 1.29 is 9.53 Å². The largest absolute Gasteiger partial charge is 0.491 e. The van der Waals surface area contributed by atoms with Gasteiger partial charge in [0.05, 0.1) is 23.6 Å². The highest BCUT2D eigenvalue weighted by atomic mass is 16.5. The molecule has 5 heteroatoms. The third kappa shape index (κ3) is 3.13. The summed E-state index contributed by atoms with van der Waals surface area (Å²) in [6.07, 6.45) is 3.67. The van der Waals surface area contributed by atoms with E-state index >= 15 is 0 Å². The van der Waals surface area contributed by atoms with Crippen LogP contribution in [0, 0.1) is 0 Å². The molecule has 2 heterocycles. The number of aromatic amines is 1. The summed E-state index contributed by atoms with van der Waals surface area (Å²) in [6.45, 7) is 8.10. The lowest BCUT2D eigenvalue weighted by molar-refractivity contribution is -0.110. The maximum Gasteiger partial charge on any atom is 0.256 e. The Bertz CT molecular complexity index is 772. The summed E-state index contributed by atoms with van der Waals surface area (Å²) >= 11 is 0. The molecular weight excluding hydrogens is 290 g/mol. The van der Waals surface area contributed by atoms with E-state index in [-0.39, 0.29) is 12.0 Å². The van der Waals surface area contributed by atoms with Crippen LogP contribution in [0.4, 0.5) is 5.69 Å². The average Bonchev–Trinajstić information content (AvgIpc) is 3.05. The Labute approximate surface area is 135 Å². The summed E-state index contributed by atoms with van der Waals surface area (Å²) in [5.41, 5.74) is 3.10. The average molecular weight is 311 g/mol. The van der Waals surface area contributed by atoms with Gasteiger partial charge in [-0.05, 0) is 38.1 Å². The number of anilines is 1. The van der Waals surface area contributed by atoms with Gasteiger partial charge >= 0.3 is 0 Å². The first-order valence-electron chi connectivity index (χ1n) is 7.83. The highest BCUT2D eigenvalue weighted by Gasteiger charge is 2.25. The number of hydrogen-bond donors (Lipinski definition) is 2. The molecule has 0 atom stereocenters. The fourth-order valence-corrected chi connectivity index (χ4v) is 2.53. The van der Waals surface area contributed by atoms with Crippen LogP contribution >= 0.6 is 0 Å². The van der Waals surface area contributed by atoms with E-state index in [2.05, 4.69) is 29.1 Å². The first-order valence-corrected chi connectivity index (χ1v) is 7.83. The van der Waals surface area contributed by atoms with Crippen molar-refractivity contribution in [2.45, 2.75) is 39.7 Å². The molecule has 0 radical (unpaired) electrons. The Morgan fingerprint density at radius 3 is 2.65 bits per heavy atom. The molecular formula is C18H21N3O2. The summed E-state index contributed by atoms with van der Waals surface area (Å²) < 4.78 is 5.72. The van der Waals surface area contributed by atoms with Crippen LogP contribution in [0.3, 0.4) is 0 Å². The lowest BCUT2D eigenvalue weighted by Gasteiger charge is -2.10. The Morgan fingerprint density at radius 2 is 2.00 bits per heavy atom. The molecule has 23 heavy (non-hydrogen) atoms. The minimum atomic E-state index is -0.109. The second kappa shape index (κ2) is 5.91. The van der Waals surface area contributed by atoms with Gasteiger partial charge in [-0.1, -0.05) is 13.8 Å². The fraction of sp³-hybridized carbons (Fsp3) is 0.333. The van der Waals surface area contributed by atoms with Crippen molar-refractivity contribution in [1.29, 1.82) is 0 Å². The zero-order valence-corrected chi connectivity index (χ0v) is 13.8. The van der Waals surface area contributed by atoms with Crippen molar-refractivity contribution in [1.82, 2.24) is 9.97 Å². The van der Waals surface area contributed by atoms with Gasteiger partial charge in [0, 0.05) is 17.2 Å². The highest BCUT2D eigenvalue weighted by molar-refractivity contribution is 6.34. The minimum absolute atomic E-state index is 0.0896. The number of amides is 1. The van der Waals surface area contributed by atoms with E-state index in [1.54, 1.807) is 6.20 Å². The predicted octanol–water partition coefficient (Wildman–Crippen LogP) is 3.81. The van der Waals surface area contributed by atoms with E-state index in [1.165, 1.54) is 0 Å². The monoisotopic (exact) mass is 311 g/mol. The molecule has 0 spiro atoms. The molecule has 0 aliphatic carbocycles. The van der Waals surface area contributed by atoms with E-state index < -0.39 is 0 Å². The second-order valence-electron chi connectivity index (χ2n) is 6.26. The topological polar surface area (TPSA) is 67.0 Å². The molecule has 0 saturated heterocycles. The highest BCUT2D eigenvalue weighted by Crippen LogP contribution is 2.35. The number of nitrogens with one attached hydrogen (secondary N) is 2. The van der Waals surface area contributed by atoms with Gasteiger partial charge in [-0.3, -0.25) is 4.79 Å². The Morgan fingerprint density at radius 1 is 1.22 bits per heavy atom. The number of benzene rings is 1. The first-order chi connectivity index (χ1) is 10.9. The van der Waals surface area contributed by atoms with Crippen LogP contribution in [0.15, 0.2) is 24.4 Å². The standard InChI is InChI=1S/C18H21N3O2/c1-10(2)17-19-9-12(20-17)7-15-14-8-13(23-11(3)4)5-6-16(14)21-18(15)22/h5-11H,1-4H3,(H,19,20)(H,21,22)/b15-7-. The fourth-order valence-electron chi connectivity index (χ4n) is 2.53. The molecule has 5 nitrogen and oxygen atoms in total. The van der Waals surface area contributed by atoms with E-state index in [4.69, 9.17) is 4.74 Å². The first kappa shape index (κ1) is 15.3. The molecule has 0 fully saturated rings. The SMILES string of the molecule is CC(C)Oc1ccc2c(c1)/C(=C/c1cnc(C(C)C)[nH]1)C(=O)N2. The number of hydrogen-bond acceptors (Lipinski definition) is 3. The number of carbonyl (C=O) groups excluding carboxylic acids is 1. The van der Waals surface area contributed by atoms with Gasteiger partial charge in [-0.2, -0.15) is 0 Å². The number of aromatic nitrogens is 2. The third-order valence-corrected chi connectivity index (χ3v) is 3.61. The zero-order chi connectivity index (χ0) is 16.6. The number of rotatable bonds is 4. The van der Waals surface area contributed by atoms with E-state index in [9.17, 15) is 4.79 Å². The van der Waals surface area contributed by atoms with Crippen LogP contribution < -0.4 is 10.1 Å². The van der Waals surface area contributed by atoms with Gasteiger partial charge in [-0.25, -0.2) is 4.98 Å². The lowest BCUT2D eigenvalue weighted by atomic mass is 10.1. The molecule has 0 saturated carbocycles. The molecule has 120 valence electrons. The minimum Gasteiger partial charge on any atom is -0.491 e. The number of nitrogens with zero attached hydrogens (tertiary/aromatic N) is 1. The van der Waals surface area contributed by atoms with E-state index in [1.807, 2.05) is 38.1 Å². The number of ether oxygens (including phenoxy) is 1. The molecule has 1 aliphatic rings. The van der Waals surface area contributed by atoms with Gasteiger partial charge in [0.25, 0.3) is 5.91 Å². The van der Waals surface area contributed by atoms with Crippen molar-refractivity contribution in [3.63, 3.8) is 0 Å². The summed E-state index contributed by atoms with van der Waals surface area (Å²) in [4.78, 5) is 19.8. The Hall–Kier alpha value is -2.56. The van der Waals surface area contributed by atoms with Crippen LogP contribution in [-0.2, 0) is 4.79 Å². The van der Waals surface area contributed by atoms with Crippen LogP contribution in [0.5, 0.6) is 5.75 Å². The Balaban J connectivity index is 1.97. The molecule has 0 bridgehead atoms. The van der Waals surface area contributed by atoms with Crippen LogP contribution in [-0.4, -0.2) is 22.0 Å². The summed E-state index contributed by atoms with van der Waals surface area (Å²) in [5, 5.41) is 2.88. The normalized spacial score (nSPS) is 15.4. The van der Waals surface area contributed by atoms with Crippen LogP contribution in [0.1, 0.15) is 50.7 Å². The number of H-pyrrole nitrogens is 1. The quantitative estimate of drug-likeness (QED) is 0.844. The Kier molecular flexibility index (Phi) is 3.94. The summed E-state index contributed by atoms with van der Waals surface area (Å²) in [5.74, 6) is 1.88. The van der Waals surface area contributed by atoms with Crippen molar-refractivity contribution in [2.24, 2.45) is 0 Å². The molecule has 2 N–H and O–H groups in total. The van der Waals surface area contributed by atoms with Gasteiger partial charge in [-0.15, -0.1) is 0 Å². The predicted molar refractivity (Wildman–Crippen MR) is 91.4 cm³/mol. The molecule has 2 aromatic rings. The van der Waals surface area contributed by atoms with Gasteiger partial charge in [0.1, 0.15) is 11.6 Å². The summed E-state index contributed by atoms with van der Waals surface area (Å²) in [7, 11) is 0. The molecule has 1 amide bonds. The van der Waals surface area contributed by atoms with E-state index in [0.717, 1.165) is 28.5 Å². The van der Waals surface area contributed by atoms with Crippen molar-refractivity contribution in [3.05, 3.63) is 41.5 Å². The lowest BCUT2D eigenvalue weighted by Crippen LogP contribution is -2.05. The number of imidazole rings is 1. The van der Waals surface area contributed by atoms with Crippen molar-refractivity contribution in [3.8, 4) is 5.75 Å².